The van der Waals surface area contributed by atoms with Crippen LogP contribution in [0.2, 0.25) is 0 Å². The third-order valence-corrected chi connectivity index (χ3v) is 4.34. The van der Waals surface area contributed by atoms with Gasteiger partial charge in [0.15, 0.2) is 0 Å². The van der Waals surface area contributed by atoms with Crippen LogP contribution in [0.5, 0.6) is 0 Å². The Kier molecular flexibility index (Phi) is 4.60. The summed E-state index contributed by atoms with van der Waals surface area (Å²) < 4.78 is 0. The van der Waals surface area contributed by atoms with Crippen LogP contribution in [0.15, 0.2) is 42.7 Å². The molecule has 3 rings (SSSR count). The molecule has 2 aromatic rings. The van der Waals surface area contributed by atoms with Crippen LogP contribution in [0.1, 0.15) is 23.1 Å². The largest absolute Gasteiger partial charge is 0.352 e. The predicted molar refractivity (Wildman–Crippen MR) is 92.5 cm³/mol. The molecule has 0 spiro atoms. The van der Waals surface area contributed by atoms with Crippen molar-refractivity contribution in [3.63, 3.8) is 0 Å². The summed E-state index contributed by atoms with van der Waals surface area (Å²) in [6.45, 7) is 4.85. The highest BCUT2D eigenvalue weighted by atomic mass is 16.2. The minimum absolute atomic E-state index is 0.00484. The van der Waals surface area contributed by atoms with E-state index < -0.39 is 0 Å². The van der Waals surface area contributed by atoms with Gasteiger partial charge in [-0.05, 0) is 42.7 Å². The summed E-state index contributed by atoms with van der Waals surface area (Å²) in [7, 11) is 0. The fourth-order valence-corrected chi connectivity index (χ4v) is 2.96. The van der Waals surface area contributed by atoms with Gasteiger partial charge in [0, 0.05) is 37.6 Å². The van der Waals surface area contributed by atoms with E-state index in [0.717, 1.165) is 22.4 Å². The number of hydrogen-bond donors (Lipinski definition) is 1. The highest BCUT2D eigenvalue weighted by Gasteiger charge is 2.35. The molecule has 24 heavy (non-hydrogen) atoms. The molecule has 2 heterocycles. The molecule has 1 atom stereocenters. The quantitative estimate of drug-likeness (QED) is 0.939. The smallest absolute Gasteiger partial charge is 0.227 e. The Balaban J connectivity index is 1.66. The number of aromatic nitrogens is 1. The lowest BCUT2D eigenvalue weighted by atomic mass is 10.1. The molecule has 124 valence electrons. The van der Waals surface area contributed by atoms with E-state index in [0.29, 0.717) is 13.1 Å². The van der Waals surface area contributed by atoms with E-state index >= 15 is 0 Å². The predicted octanol–water partition coefficient (Wildman–Crippen LogP) is 2.37. The van der Waals surface area contributed by atoms with Crippen LogP contribution in [-0.4, -0.2) is 23.3 Å². The average molecular weight is 323 g/mol. The number of anilines is 1. The van der Waals surface area contributed by atoms with Crippen LogP contribution in [0, 0.1) is 19.8 Å². The molecule has 2 amide bonds. The number of hydrogen-bond acceptors (Lipinski definition) is 3. The van der Waals surface area contributed by atoms with E-state index in [-0.39, 0.29) is 24.2 Å². The summed E-state index contributed by atoms with van der Waals surface area (Å²) in [5.41, 5.74) is 4.00. The molecule has 0 aliphatic carbocycles. The van der Waals surface area contributed by atoms with Crippen LogP contribution in [-0.2, 0) is 16.1 Å². The van der Waals surface area contributed by atoms with Gasteiger partial charge in [-0.25, -0.2) is 0 Å². The SMILES string of the molecule is Cc1ccc(C)c(N2CC(C(=O)NCc3cccnc3)CC2=O)c1. The van der Waals surface area contributed by atoms with Gasteiger partial charge in [0.1, 0.15) is 0 Å². The van der Waals surface area contributed by atoms with Gasteiger partial charge in [0.2, 0.25) is 11.8 Å². The van der Waals surface area contributed by atoms with Gasteiger partial charge in [0.25, 0.3) is 0 Å². The van der Waals surface area contributed by atoms with E-state index in [1.54, 1.807) is 17.3 Å². The van der Waals surface area contributed by atoms with Gasteiger partial charge in [-0.2, -0.15) is 0 Å². The first-order valence-corrected chi connectivity index (χ1v) is 8.09. The first-order valence-electron chi connectivity index (χ1n) is 8.09. The molecular weight excluding hydrogens is 302 g/mol. The summed E-state index contributed by atoms with van der Waals surface area (Å²) in [6, 6.07) is 9.78. The van der Waals surface area contributed by atoms with Crippen molar-refractivity contribution in [2.24, 2.45) is 5.92 Å². The molecule has 1 aromatic carbocycles. The number of nitrogens with one attached hydrogen (secondary N) is 1. The van der Waals surface area contributed by atoms with Gasteiger partial charge in [-0.3, -0.25) is 14.6 Å². The van der Waals surface area contributed by atoms with Crippen LogP contribution in [0.4, 0.5) is 5.69 Å². The zero-order valence-corrected chi connectivity index (χ0v) is 14.0. The second kappa shape index (κ2) is 6.83. The van der Waals surface area contributed by atoms with E-state index in [9.17, 15) is 9.59 Å². The maximum Gasteiger partial charge on any atom is 0.227 e. The van der Waals surface area contributed by atoms with E-state index in [1.807, 2.05) is 44.2 Å². The Labute approximate surface area is 141 Å². The maximum absolute atomic E-state index is 12.4. The van der Waals surface area contributed by atoms with Gasteiger partial charge < -0.3 is 10.2 Å². The highest BCUT2D eigenvalue weighted by Crippen LogP contribution is 2.28. The van der Waals surface area contributed by atoms with E-state index in [1.165, 1.54) is 0 Å². The molecule has 1 unspecified atom stereocenters. The fraction of sp³-hybridized carbons (Fsp3) is 0.316. The van der Waals surface area contributed by atoms with Gasteiger partial charge in [-0.1, -0.05) is 18.2 Å². The van der Waals surface area contributed by atoms with Crippen LogP contribution in [0.3, 0.4) is 0 Å². The average Bonchev–Trinajstić information content (AvgIpc) is 2.97. The summed E-state index contributed by atoms with van der Waals surface area (Å²) >= 11 is 0. The van der Waals surface area contributed by atoms with Crippen molar-refractivity contribution in [1.82, 2.24) is 10.3 Å². The summed E-state index contributed by atoms with van der Waals surface area (Å²) in [5.74, 6) is -0.390. The summed E-state index contributed by atoms with van der Waals surface area (Å²) in [5, 5.41) is 2.90. The highest BCUT2D eigenvalue weighted by molar-refractivity contribution is 6.00. The number of pyridine rings is 1. The molecule has 1 saturated heterocycles. The fourth-order valence-electron chi connectivity index (χ4n) is 2.96. The number of rotatable bonds is 4. The second-order valence-corrected chi connectivity index (χ2v) is 6.27. The first kappa shape index (κ1) is 16.2. The Bertz CT molecular complexity index is 758. The van der Waals surface area contributed by atoms with Crippen molar-refractivity contribution in [1.29, 1.82) is 0 Å². The van der Waals surface area contributed by atoms with Gasteiger partial charge in [0.05, 0.1) is 5.92 Å². The molecule has 0 radical (unpaired) electrons. The number of amides is 2. The third-order valence-electron chi connectivity index (χ3n) is 4.34. The number of carbonyl (C=O) groups is 2. The van der Waals surface area contributed by atoms with Crippen LogP contribution < -0.4 is 10.2 Å². The molecule has 5 nitrogen and oxygen atoms in total. The van der Waals surface area contributed by atoms with Crippen LogP contribution in [0.25, 0.3) is 0 Å². The maximum atomic E-state index is 12.4. The van der Waals surface area contributed by atoms with Crippen molar-refractivity contribution < 1.29 is 9.59 Å². The number of carbonyl (C=O) groups excluding carboxylic acids is 2. The van der Waals surface area contributed by atoms with Crippen molar-refractivity contribution in [2.75, 3.05) is 11.4 Å². The Morgan fingerprint density at radius 1 is 1.33 bits per heavy atom. The summed E-state index contributed by atoms with van der Waals surface area (Å²) in [4.78, 5) is 30.5. The molecule has 0 saturated carbocycles. The number of aryl methyl sites for hydroxylation is 2. The molecular formula is C19H21N3O2. The van der Waals surface area contributed by atoms with Gasteiger partial charge in [-0.15, -0.1) is 0 Å². The molecule has 1 N–H and O–H groups in total. The monoisotopic (exact) mass is 323 g/mol. The van der Waals surface area contributed by atoms with Crippen molar-refractivity contribution in [3.8, 4) is 0 Å². The minimum Gasteiger partial charge on any atom is -0.352 e. The molecule has 0 bridgehead atoms. The molecule has 5 heteroatoms. The molecule has 1 aromatic heterocycles. The van der Waals surface area contributed by atoms with Crippen molar-refractivity contribution in [2.45, 2.75) is 26.8 Å². The Morgan fingerprint density at radius 3 is 2.92 bits per heavy atom. The Hall–Kier alpha value is -2.69. The standard InChI is InChI=1S/C19H21N3O2/c1-13-5-6-14(2)17(8-13)22-12-16(9-18(22)23)19(24)21-11-15-4-3-7-20-10-15/h3-8,10,16H,9,11-12H2,1-2H3,(H,21,24). The normalized spacial score (nSPS) is 17.2. The topological polar surface area (TPSA) is 62.3 Å². The zero-order chi connectivity index (χ0) is 17.1. The van der Waals surface area contributed by atoms with Crippen LogP contribution >= 0.6 is 0 Å². The lowest BCUT2D eigenvalue weighted by Crippen LogP contribution is -2.32. The van der Waals surface area contributed by atoms with E-state index in [2.05, 4.69) is 10.3 Å². The zero-order valence-electron chi connectivity index (χ0n) is 14.0. The van der Waals surface area contributed by atoms with Crippen molar-refractivity contribution in [3.05, 3.63) is 59.4 Å². The van der Waals surface area contributed by atoms with Gasteiger partial charge >= 0.3 is 0 Å². The number of benzene rings is 1. The lowest BCUT2D eigenvalue weighted by Gasteiger charge is -2.19. The lowest BCUT2D eigenvalue weighted by molar-refractivity contribution is -0.126. The molecule has 1 aliphatic heterocycles. The summed E-state index contributed by atoms with van der Waals surface area (Å²) in [6.07, 6.45) is 3.68. The first-order chi connectivity index (χ1) is 11.5. The van der Waals surface area contributed by atoms with E-state index in [4.69, 9.17) is 0 Å². The minimum atomic E-state index is -0.311. The number of nitrogens with zero attached hydrogens (tertiary/aromatic N) is 2. The second-order valence-electron chi connectivity index (χ2n) is 6.27. The third kappa shape index (κ3) is 3.45. The molecule has 1 aliphatic rings. The molecule has 1 fully saturated rings. The van der Waals surface area contributed by atoms with Crippen molar-refractivity contribution >= 4 is 17.5 Å². The Morgan fingerprint density at radius 2 is 2.17 bits per heavy atom.